The van der Waals surface area contributed by atoms with E-state index in [2.05, 4.69) is 35.8 Å². The number of nitrogens with one attached hydrogen (secondary N) is 1. The number of hydrogen-bond acceptors (Lipinski definition) is 3. The molecule has 3 fully saturated rings. The number of piperidine rings is 1. The molecule has 2 unspecified atom stereocenters. The molecule has 3 saturated heterocycles. The number of fused-ring (bicyclic) bond motifs is 2. The molecule has 3 heteroatoms. The van der Waals surface area contributed by atoms with E-state index in [1.165, 1.54) is 57.5 Å². The van der Waals surface area contributed by atoms with Crippen LogP contribution in [0.15, 0.2) is 0 Å². The van der Waals surface area contributed by atoms with Crippen LogP contribution in [0.25, 0.3) is 0 Å². The first-order valence-corrected chi connectivity index (χ1v) is 8.72. The van der Waals surface area contributed by atoms with Crippen molar-refractivity contribution in [3.8, 4) is 0 Å². The normalized spacial score (nSPS) is 40.0. The number of nitrogens with zero attached hydrogens (tertiary/aromatic N) is 1. The van der Waals surface area contributed by atoms with Crippen LogP contribution in [-0.2, 0) is 0 Å². The van der Waals surface area contributed by atoms with E-state index in [4.69, 9.17) is 0 Å². The van der Waals surface area contributed by atoms with Crippen LogP contribution in [0, 0.1) is 5.92 Å². The second-order valence-electron chi connectivity index (χ2n) is 7.15. The average molecular weight is 268 g/mol. The summed E-state index contributed by atoms with van der Waals surface area (Å²) in [5, 5.41) is 3.75. The van der Waals surface area contributed by atoms with E-state index in [1.54, 1.807) is 0 Å². The SMILES string of the molecule is CC1(C)CN(CCC2CC3CCC(C2)N3)CCS1. The molecule has 3 rings (SSSR count). The maximum absolute atomic E-state index is 3.75. The van der Waals surface area contributed by atoms with Crippen molar-refractivity contribution >= 4 is 11.8 Å². The highest BCUT2D eigenvalue weighted by Crippen LogP contribution is 2.34. The number of thioether (sulfide) groups is 1. The molecular formula is C15H28N2S. The highest BCUT2D eigenvalue weighted by molar-refractivity contribution is 8.00. The second kappa shape index (κ2) is 5.34. The molecule has 0 aromatic rings. The van der Waals surface area contributed by atoms with E-state index in [1.807, 2.05) is 0 Å². The lowest BCUT2D eigenvalue weighted by atomic mass is 9.89. The predicted molar refractivity (Wildman–Crippen MR) is 80.3 cm³/mol. The summed E-state index contributed by atoms with van der Waals surface area (Å²) in [6.07, 6.45) is 7.21. The van der Waals surface area contributed by atoms with Crippen molar-refractivity contribution in [2.24, 2.45) is 5.92 Å². The first-order valence-electron chi connectivity index (χ1n) is 7.73. The molecule has 0 aromatic heterocycles. The first kappa shape index (κ1) is 13.3. The van der Waals surface area contributed by atoms with Crippen molar-refractivity contribution in [3.05, 3.63) is 0 Å². The maximum atomic E-state index is 3.75. The Morgan fingerprint density at radius 2 is 1.94 bits per heavy atom. The maximum Gasteiger partial charge on any atom is 0.0231 e. The standard InChI is InChI=1S/C15H28N2S/c1-15(2)11-17(7-8-18-15)6-5-12-9-13-3-4-14(10-12)16-13/h12-14,16H,3-11H2,1-2H3. The lowest BCUT2D eigenvalue weighted by Gasteiger charge is -2.38. The van der Waals surface area contributed by atoms with Crippen LogP contribution in [0.5, 0.6) is 0 Å². The lowest BCUT2D eigenvalue weighted by molar-refractivity contribution is 0.211. The molecule has 2 atom stereocenters. The Bertz CT molecular complexity index is 278. The van der Waals surface area contributed by atoms with Gasteiger partial charge in [-0.25, -0.2) is 0 Å². The third kappa shape index (κ3) is 3.23. The minimum absolute atomic E-state index is 0.478. The Morgan fingerprint density at radius 3 is 2.61 bits per heavy atom. The first-order chi connectivity index (χ1) is 8.61. The highest BCUT2D eigenvalue weighted by Gasteiger charge is 2.34. The predicted octanol–water partition coefficient (Wildman–Crippen LogP) is 2.73. The molecule has 3 heterocycles. The fourth-order valence-corrected chi connectivity index (χ4v) is 5.26. The van der Waals surface area contributed by atoms with E-state index in [-0.39, 0.29) is 0 Å². The van der Waals surface area contributed by atoms with Gasteiger partial charge in [-0.3, -0.25) is 0 Å². The van der Waals surface area contributed by atoms with Gasteiger partial charge >= 0.3 is 0 Å². The molecule has 0 aliphatic carbocycles. The minimum Gasteiger partial charge on any atom is -0.311 e. The molecule has 2 nitrogen and oxygen atoms in total. The molecule has 18 heavy (non-hydrogen) atoms. The van der Waals surface area contributed by atoms with E-state index in [9.17, 15) is 0 Å². The van der Waals surface area contributed by atoms with Crippen LogP contribution in [0.2, 0.25) is 0 Å². The third-order valence-corrected chi connectivity index (χ3v) is 6.23. The van der Waals surface area contributed by atoms with Gasteiger partial charge in [-0.15, -0.1) is 0 Å². The van der Waals surface area contributed by atoms with Crippen molar-refractivity contribution in [1.29, 1.82) is 0 Å². The molecule has 0 spiro atoms. The Labute approximate surface area is 116 Å². The van der Waals surface area contributed by atoms with Gasteiger partial charge in [0.05, 0.1) is 0 Å². The number of rotatable bonds is 3. The molecule has 104 valence electrons. The van der Waals surface area contributed by atoms with Crippen LogP contribution in [0.3, 0.4) is 0 Å². The third-order valence-electron chi connectivity index (χ3n) is 4.93. The summed E-state index contributed by atoms with van der Waals surface area (Å²) in [7, 11) is 0. The highest BCUT2D eigenvalue weighted by atomic mass is 32.2. The van der Waals surface area contributed by atoms with Gasteiger partial charge < -0.3 is 10.2 Å². The monoisotopic (exact) mass is 268 g/mol. The van der Waals surface area contributed by atoms with Crippen LogP contribution >= 0.6 is 11.8 Å². The Hall–Kier alpha value is 0.270. The quantitative estimate of drug-likeness (QED) is 0.847. The van der Waals surface area contributed by atoms with E-state index in [0.29, 0.717) is 4.75 Å². The van der Waals surface area contributed by atoms with E-state index in [0.717, 1.165) is 18.0 Å². The molecular weight excluding hydrogens is 240 g/mol. The summed E-state index contributed by atoms with van der Waals surface area (Å²) in [6.45, 7) is 8.73. The van der Waals surface area contributed by atoms with Gasteiger partial charge in [0.15, 0.2) is 0 Å². The van der Waals surface area contributed by atoms with Gasteiger partial charge in [0.1, 0.15) is 0 Å². The Balaban J connectivity index is 1.44. The summed E-state index contributed by atoms with van der Waals surface area (Å²) in [4.78, 5) is 2.71. The van der Waals surface area contributed by atoms with Crippen molar-refractivity contribution in [3.63, 3.8) is 0 Å². The van der Waals surface area contributed by atoms with Crippen molar-refractivity contribution < 1.29 is 0 Å². The average Bonchev–Trinajstić information content (AvgIpc) is 2.65. The van der Waals surface area contributed by atoms with Crippen molar-refractivity contribution in [2.45, 2.75) is 62.8 Å². The van der Waals surface area contributed by atoms with Gasteiger partial charge in [0.2, 0.25) is 0 Å². The Kier molecular flexibility index (Phi) is 3.93. The summed E-state index contributed by atoms with van der Waals surface area (Å²) < 4.78 is 0.478. The van der Waals surface area contributed by atoms with Crippen molar-refractivity contribution in [1.82, 2.24) is 10.2 Å². The van der Waals surface area contributed by atoms with Gasteiger partial charge in [-0.1, -0.05) is 0 Å². The molecule has 0 radical (unpaired) electrons. The van der Waals surface area contributed by atoms with Crippen LogP contribution < -0.4 is 5.32 Å². The molecule has 3 aliphatic heterocycles. The van der Waals surface area contributed by atoms with Gasteiger partial charge in [0, 0.05) is 35.7 Å². The molecule has 0 aromatic carbocycles. The summed E-state index contributed by atoms with van der Waals surface area (Å²) >= 11 is 2.14. The van der Waals surface area contributed by atoms with Crippen molar-refractivity contribution in [2.75, 3.05) is 25.4 Å². The Morgan fingerprint density at radius 1 is 1.22 bits per heavy atom. The fourth-order valence-electron chi connectivity index (χ4n) is 4.08. The zero-order valence-corrected chi connectivity index (χ0v) is 12.8. The second-order valence-corrected chi connectivity index (χ2v) is 8.95. The number of hydrogen-bond donors (Lipinski definition) is 1. The topological polar surface area (TPSA) is 15.3 Å². The largest absolute Gasteiger partial charge is 0.311 e. The summed E-state index contributed by atoms with van der Waals surface area (Å²) in [5.41, 5.74) is 0. The molecule has 0 amide bonds. The van der Waals surface area contributed by atoms with Gasteiger partial charge in [-0.2, -0.15) is 11.8 Å². The van der Waals surface area contributed by atoms with E-state index < -0.39 is 0 Å². The summed E-state index contributed by atoms with van der Waals surface area (Å²) in [5.74, 6) is 2.33. The minimum atomic E-state index is 0.478. The molecule has 3 aliphatic rings. The van der Waals surface area contributed by atoms with Gasteiger partial charge in [0.25, 0.3) is 0 Å². The molecule has 0 saturated carbocycles. The lowest BCUT2D eigenvalue weighted by Crippen LogP contribution is -2.44. The molecule has 2 bridgehead atoms. The van der Waals surface area contributed by atoms with Crippen LogP contribution in [0.4, 0.5) is 0 Å². The van der Waals surface area contributed by atoms with Crippen LogP contribution in [0.1, 0.15) is 46.0 Å². The van der Waals surface area contributed by atoms with Gasteiger partial charge in [-0.05, 0) is 58.4 Å². The zero-order chi connectivity index (χ0) is 12.6. The zero-order valence-electron chi connectivity index (χ0n) is 12.0. The molecule has 1 N–H and O–H groups in total. The van der Waals surface area contributed by atoms with Crippen LogP contribution in [-0.4, -0.2) is 47.1 Å². The van der Waals surface area contributed by atoms with E-state index >= 15 is 0 Å². The fraction of sp³-hybridized carbons (Fsp3) is 1.00. The smallest absolute Gasteiger partial charge is 0.0231 e. The summed E-state index contributed by atoms with van der Waals surface area (Å²) in [6, 6.07) is 1.73.